The zero-order chi connectivity index (χ0) is 17.6. The Morgan fingerprint density at radius 2 is 1.74 bits per heavy atom. The summed E-state index contributed by atoms with van der Waals surface area (Å²) in [5, 5.41) is 1.06. The van der Waals surface area contributed by atoms with Gasteiger partial charge < -0.3 is 0 Å². The Labute approximate surface area is 134 Å². The van der Waals surface area contributed by atoms with E-state index in [2.05, 4.69) is 5.43 Å². The second kappa shape index (κ2) is 5.51. The Bertz CT molecular complexity index is 603. The summed E-state index contributed by atoms with van der Waals surface area (Å²) in [7, 11) is 0. The number of nitrogens with zero attached hydrogens (tertiary/aromatic N) is 1. The van der Waals surface area contributed by atoms with Crippen LogP contribution in [0.25, 0.3) is 0 Å². The fourth-order valence-corrected chi connectivity index (χ4v) is 3.10. The van der Waals surface area contributed by atoms with E-state index in [1.807, 2.05) is 20.8 Å². The van der Waals surface area contributed by atoms with Gasteiger partial charge >= 0.3 is 6.18 Å². The number of alkyl halides is 3. The molecule has 1 saturated heterocycles. The number of carbonyl (C=O) groups excluding carboxylic acids is 1. The number of hydrogen-bond donors (Lipinski definition) is 1. The van der Waals surface area contributed by atoms with Crippen molar-refractivity contribution in [3.63, 3.8) is 0 Å². The number of carbonyl (C=O) groups is 1. The van der Waals surface area contributed by atoms with Crippen molar-refractivity contribution in [1.82, 2.24) is 10.4 Å². The Kier molecular flexibility index (Phi) is 4.26. The van der Waals surface area contributed by atoms with Gasteiger partial charge in [-0.25, -0.2) is 0 Å². The molecule has 3 nitrogen and oxygen atoms in total. The third-order valence-electron chi connectivity index (χ3n) is 4.12. The molecule has 1 aromatic carbocycles. The van der Waals surface area contributed by atoms with E-state index in [1.54, 1.807) is 32.0 Å². The van der Waals surface area contributed by atoms with Crippen molar-refractivity contribution in [2.75, 3.05) is 0 Å². The molecule has 1 atom stereocenters. The highest BCUT2D eigenvalue weighted by Gasteiger charge is 2.53. The maximum absolute atomic E-state index is 13.9. The van der Waals surface area contributed by atoms with Crippen molar-refractivity contribution < 1.29 is 18.0 Å². The molecular weight excluding hydrogens is 305 g/mol. The first-order valence-corrected chi connectivity index (χ1v) is 7.59. The molecule has 23 heavy (non-hydrogen) atoms. The summed E-state index contributed by atoms with van der Waals surface area (Å²) in [5.41, 5.74) is 1.86. The smallest absolute Gasteiger partial charge is 0.287 e. The summed E-state index contributed by atoms with van der Waals surface area (Å²) in [6.07, 6.45) is -4.46. The molecule has 1 aliphatic rings. The molecule has 1 amide bonds. The van der Waals surface area contributed by atoms with E-state index in [0.717, 1.165) is 5.01 Å². The number of halogens is 3. The van der Waals surface area contributed by atoms with Crippen molar-refractivity contribution in [3.8, 4) is 0 Å². The summed E-state index contributed by atoms with van der Waals surface area (Å²) < 4.78 is 41.7. The zero-order valence-electron chi connectivity index (χ0n) is 14.1. The molecule has 0 radical (unpaired) electrons. The fourth-order valence-electron chi connectivity index (χ4n) is 3.10. The first-order valence-electron chi connectivity index (χ1n) is 7.59. The number of rotatable bonds is 2. The van der Waals surface area contributed by atoms with Crippen molar-refractivity contribution in [3.05, 3.63) is 35.4 Å². The van der Waals surface area contributed by atoms with Gasteiger partial charge in [0.15, 0.2) is 6.04 Å². The minimum atomic E-state index is -4.50. The summed E-state index contributed by atoms with van der Waals surface area (Å²) in [4.78, 5) is 11.7. The largest absolute Gasteiger partial charge is 0.409 e. The van der Waals surface area contributed by atoms with Crippen molar-refractivity contribution >= 4 is 5.91 Å². The monoisotopic (exact) mass is 328 g/mol. The second-order valence-corrected chi connectivity index (χ2v) is 7.68. The van der Waals surface area contributed by atoms with Gasteiger partial charge in [0.1, 0.15) is 0 Å². The Morgan fingerprint density at radius 1 is 1.17 bits per heavy atom. The average molecular weight is 328 g/mol. The average Bonchev–Trinajstić information content (AvgIpc) is 2.60. The molecule has 6 heteroatoms. The molecule has 2 rings (SSSR count). The molecule has 0 spiro atoms. The highest BCUT2D eigenvalue weighted by Crippen LogP contribution is 2.45. The Hall–Kier alpha value is -1.56. The first-order chi connectivity index (χ1) is 10.3. The van der Waals surface area contributed by atoms with Gasteiger partial charge in [-0.1, -0.05) is 45.0 Å². The lowest BCUT2D eigenvalue weighted by atomic mass is 9.81. The van der Waals surface area contributed by atoms with Crippen LogP contribution >= 0.6 is 0 Å². The molecule has 1 heterocycles. The van der Waals surface area contributed by atoms with Crippen molar-refractivity contribution in [1.29, 1.82) is 0 Å². The van der Waals surface area contributed by atoms with Gasteiger partial charge in [-0.3, -0.25) is 10.2 Å². The van der Waals surface area contributed by atoms with E-state index >= 15 is 0 Å². The van der Waals surface area contributed by atoms with E-state index in [0.29, 0.717) is 5.56 Å². The van der Waals surface area contributed by atoms with Crippen molar-refractivity contribution in [2.45, 2.75) is 64.2 Å². The lowest BCUT2D eigenvalue weighted by Gasteiger charge is -2.39. The minimum absolute atomic E-state index is 0.0390. The number of hydrazine groups is 1. The number of amides is 1. The van der Waals surface area contributed by atoms with Crippen LogP contribution in [0.3, 0.4) is 0 Å². The van der Waals surface area contributed by atoms with Crippen molar-refractivity contribution in [2.24, 2.45) is 0 Å². The Balaban J connectivity index is 2.61. The molecule has 0 saturated carbocycles. The maximum atomic E-state index is 13.9. The molecule has 0 bridgehead atoms. The number of benzene rings is 1. The highest BCUT2D eigenvalue weighted by molar-refractivity contribution is 5.79. The number of nitrogens with one attached hydrogen (secondary N) is 1. The molecule has 0 unspecified atom stereocenters. The molecule has 1 N–H and O–H groups in total. The summed E-state index contributed by atoms with van der Waals surface area (Å²) >= 11 is 0. The zero-order valence-corrected chi connectivity index (χ0v) is 14.1. The molecule has 1 aromatic rings. The van der Waals surface area contributed by atoms with Crippen LogP contribution in [0, 0.1) is 0 Å². The van der Waals surface area contributed by atoms with E-state index in [1.165, 1.54) is 6.07 Å². The SMILES string of the molecule is CC(C)(C)c1ccccc1[C@H](N1NC(=O)CC1(C)C)C(F)(F)F. The van der Waals surface area contributed by atoms with Crippen LogP contribution in [0.4, 0.5) is 13.2 Å². The van der Waals surface area contributed by atoms with Crippen LogP contribution in [0.2, 0.25) is 0 Å². The van der Waals surface area contributed by atoms with E-state index in [9.17, 15) is 18.0 Å². The van der Waals surface area contributed by atoms with E-state index < -0.39 is 29.1 Å². The molecule has 128 valence electrons. The summed E-state index contributed by atoms with van der Waals surface area (Å²) in [6, 6.07) is 4.69. The number of hydrogen-bond acceptors (Lipinski definition) is 2. The highest BCUT2D eigenvalue weighted by atomic mass is 19.4. The van der Waals surface area contributed by atoms with Crippen LogP contribution in [-0.4, -0.2) is 22.6 Å². The topological polar surface area (TPSA) is 32.3 Å². The predicted molar refractivity (Wildman–Crippen MR) is 82.6 cm³/mol. The van der Waals surface area contributed by atoms with Crippen LogP contribution in [0.15, 0.2) is 24.3 Å². The summed E-state index contributed by atoms with van der Waals surface area (Å²) in [5.74, 6) is -0.391. The molecular formula is C17H23F3N2O. The van der Waals surface area contributed by atoms with Gasteiger partial charge in [0.05, 0.1) is 0 Å². The van der Waals surface area contributed by atoms with Gasteiger partial charge in [0, 0.05) is 12.0 Å². The van der Waals surface area contributed by atoms with Crippen LogP contribution in [0.1, 0.15) is 58.2 Å². The van der Waals surface area contributed by atoms with Gasteiger partial charge in [0.2, 0.25) is 5.91 Å². The first kappa shape index (κ1) is 17.8. The third kappa shape index (κ3) is 3.52. The van der Waals surface area contributed by atoms with Gasteiger partial charge in [-0.2, -0.15) is 18.2 Å². The van der Waals surface area contributed by atoms with Gasteiger partial charge in [-0.05, 0) is 30.4 Å². The molecule has 1 fully saturated rings. The van der Waals surface area contributed by atoms with Crippen LogP contribution in [0.5, 0.6) is 0 Å². The van der Waals surface area contributed by atoms with E-state index in [-0.39, 0.29) is 12.0 Å². The summed E-state index contributed by atoms with van der Waals surface area (Å²) in [6.45, 7) is 8.93. The predicted octanol–water partition coefficient (Wildman–Crippen LogP) is 4.10. The lowest BCUT2D eigenvalue weighted by molar-refractivity contribution is -0.204. The van der Waals surface area contributed by atoms with Gasteiger partial charge in [-0.15, -0.1) is 0 Å². The molecule has 0 aliphatic carbocycles. The quantitative estimate of drug-likeness (QED) is 0.886. The second-order valence-electron chi connectivity index (χ2n) is 7.68. The van der Waals surface area contributed by atoms with Gasteiger partial charge in [0.25, 0.3) is 0 Å². The fraction of sp³-hybridized carbons (Fsp3) is 0.588. The standard InChI is InChI=1S/C17H23F3N2O/c1-15(2,3)12-9-7-6-8-11(12)14(17(18,19)20)22-16(4,5)10-13(23)21-22/h6-9,14H,10H2,1-5H3,(H,21,23)/t14-/m0/s1. The molecule has 1 aliphatic heterocycles. The lowest BCUT2D eigenvalue weighted by Crippen LogP contribution is -2.52. The van der Waals surface area contributed by atoms with Crippen LogP contribution in [-0.2, 0) is 10.2 Å². The minimum Gasteiger partial charge on any atom is -0.287 e. The third-order valence-corrected chi connectivity index (χ3v) is 4.12. The molecule has 0 aromatic heterocycles. The van der Waals surface area contributed by atoms with E-state index in [4.69, 9.17) is 0 Å². The van der Waals surface area contributed by atoms with Crippen LogP contribution < -0.4 is 5.43 Å². The maximum Gasteiger partial charge on any atom is 0.409 e. The Morgan fingerprint density at radius 3 is 2.17 bits per heavy atom. The normalized spacial score (nSPS) is 20.4.